The zero-order valence-corrected chi connectivity index (χ0v) is 10.2. The molecule has 0 spiro atoms. The Morgan fingerprint density at radius 1 is 1.33 bits per heavy atom. The summed E-state index contributed by atoms with van der Waals surface area (Å²) in [6.45, 7) is 5.32. The third-order valence-electron chi connectivity index (χ3n) is 2.17. The van der Waals surface area contributed by atoms with Crippen molar-refractivity contribution in [2.45, 2.75) is 33.1 Å². The van der Waals surface area contributed by atoms with Crippen molar-refractivity contribution in [3.8, 4) is 0 Å². The summed E-state index contributed by atoms with van der Waals surface area (Å²) in [7, 11) is 0. The van der Waals surface area contributed by atoms with Crippen molar-refractivity contribution in [3.63, 3.8) is 0 Å². The van der Waals surface area contributed by atoms with Crippen LogP contribution in [0.2, 0.25) is 0 Å². The van der Waals surface area contributed by atoms with Gasteiger partial charge in [-0.2, -0.15) is 0 Å². The van der Waals surface area contributed by atoms with Crippen LogP contribution in [0.3, 0.4) is 0 Å². The van der Waals surface area contributed by atoms with Gasteiger partial charge < -0.3 is 4.74 Å². The van der Waals surface area contributed by atoms with Crippen LogP contribution in [-0.2, 0) is 22.4 Å². The highest BCUT2D eigenvalue weighted by molar-refractivity contribution is 7.12. The van der Waals surface area contributed by atoms with Gasteiger partial charge in [-0.25, -0.2) is 0 Å². The lowest BCUT2D eigenvalue weighted by Crippen LogP contribution is -2.06. The van der Waals surface area contributed by atoms with E-state index in [1.165, 1.54) is 9.75 Å². The minimum Gasteiger partial charge on any atom is -0.381 e. The van der Waals surface area contributed by atoms with Gasteiger partial charge in [-0.15, -0.1) is 11.3 Å². The Morgan fingerprint density at radius 2 is 2.07 bits per heavy atom. The first-order valence-electron chi connectivity index (χ1n) is 5.43. The fourth-order valence-electron chi connectivity index (χ4n) is 1.32. The molecule has 0 saturated carbocycles. The van der Waals surface area contributed by atoms with E-state index in [-0.39, 0.29) is 5.78 Å². The minimum atomic E-state index is 0.271. The van der Waals surface area contributed by atoms with Gasteiger partial charge in [0.1, 0.15) is 5.78 Å². The molecule has 0 aliphatic rings. The highest BCUT2D eigenvalue weighted by Crippen LogP contribution is 2.17. The van der Waals surface area contributed by atoms with Crippen molar-refractivity contribution in [2.75, 3.05) is 13.2 Å². The van der Waals surface area contributed by atoms with Gasteiger partial charge in [-0.3, -0.25) is 4.79 Å². The first-order chi connectivity index (χ1) is 7.26. The molecular formula is C12H18O2S. The molecule has 84 valence electrons. The number of Topliss-reactive ketones (excluding diaryl/α,β-unsaturated/α-hetero) is 1. The van der Waals surface area contributed by atoms with Crippen LogP contribution in [0.5, 0.6) is 0 Å². The summed E-state index contributed by atoms with van der Waals surface area (Å²) in [6.07, 6.45) is 2.16. The van der Waals surface area contributed by atoms with Crippen molar-refractivity contribution >= 4 is 17.1 Å². The summed E-state index contributed by atoms with van der Waals surface area (Å²) in [6, 6.07) is 4.16. The smallest absolute Gasteiger partial charge is 0.140 e. The number of ketones is 1. The number of rotatable bonds is 7. The van der Waals surface area contributed by atoms with E-state index in [1.807, 2.05) is 6.92 Å². The maximum Gasteiger partial charge on any atom is 0.140 e. The lowest BCUT2D eigenvalue weighted by atomic mass is 10.2. The van der Waals surface area contributed by atoms with Crippen molar-refractivity contribution in [1.82, 2.24) is 0 Å². The monoisotopic (exact) mass is 226 g/mol. The molecule has 1 aromatic heterocycles. The number of ether oxygens (including phenoxy) is 1. The number of carbonyl (C=O) groups excluding carboxylic acids is 1. The second-order valence-corrected chi connectivity index (χ2v) is 4.64. The van der Waals surface area contributed by atoms with Crippen molar-refractivity contribution in [3.05, 3.63) is 21.9 Å². The molecule has 0 fully saturated rings. The van der Waals surface area contributed by atoms with Crippen LogP contribution >= 0.6 is 11.3 Å². The molecule has 0 radical (unpaired) electrons. The van der Waals surface area contributed by atoms with E-state index < -0.39 is 0 Å². The molecule has 2 nitrogen and oxygen atoms in total. The Labute approximate surface area is 95.3 Å². The normalized spacial score (nSPS) is 10.5. The molecule has 3 heteroatoms. The molecule has 1 aromatic rings. The zero-order valence-electron chi connectivity index (χ0n) is 9.41. The van der Waals surface area contributed by atoms with Gasteiger partial charge in [-0.1, -0.05) is 6.92 Å². The topological polar surface area (TPSA) is 26.3 Å². The summed E-state index contributed by atoms with van der Waals surface area (Å²) in [5.41, 5.74) is 0. The third kappa shape index (κ3) is 4.58. The largest absolute Gasteiger partial charge is 0.381 e. The predicted molar refractivity (Wildman–Crippen MR) is 63.5 cm³/mol. The van der Waals surface area contributed by atoms with Crippen LogP contribution in [0, 0.1) is 0 Å². The standard InChI is InChI=1S/C12H18O2S/c1-3-11-5-6-12(15-11)9-10(13)7-8-14-4-2/h5-6H,3-4,7-9H2,1-2H3. The van der Waals surface area contributed by atoms with Crippen molar-refractivity contribution < 1.29 is 9.53 Å². The fourth-order valence-corrected chi connectivity index (χ4v) is 2.31. The Bertz CT molecular complexity index is 304. The number of thiophene rings is 1. The molecule has 15 heavy (non-hydrogen) atoms. The van der Waals surface area contributed by atoms with Gasteiger partial charge in [-0.05, 0) is 25.5 Å². The van der Waals surface area contributed by atoms with E-state index in [1.54, 1.807) is 11.3 Å². The van der Waals surface area contributed by atoms with Gasteiger partial charge in [0, 0.05) is 29.2 Å². The maximum absolute atomic E-state index is 11.5. The lowest BCUT2D eigenvalue weighted by Gasteiger charge is -1.99. The van der Waals surface area contributed by atoms with E-state index in [4.69, 9.17) is 4.74 Å². The summed E-state index contributed by atoms with van der Waals surface area (Å²) in [5.74, 6) is 0.271. The molecule has 0 amide bonds. The van der Waals surface area contributed by atoms with E-state index >= 15 is 0 Å². The summed E-state index contributed by atoms with van der Waals surface area (Å²) in [5, 5.41) is 0. The molecule has 0 atom stereocenters. The molecule has 0 N–H and O–H groups in total. The summed E-state index contributed by atoms with van der Waals surface area (Å²) >= 11 is 1.74. The maximum atomic E-state index is 11.5. The molecule has 0 bridgehead atoms. The molecule has 0 aromatic carbocycles. The van der Waals surface area contributed by atoms with Crippen LogP contribution in [0.4, 0.5) is 0 Å². The molecule has 1 rings (SSSR count). The van der Waals surface area contributed by atoms with Crippen LogP contribution in [0.15, 0.2) is 12.1 Å². The predicted octanol–water partition coefficient (Wildman–Crippen LogP) is 2.85. The third-order valence-corrected chi connectivity index (χ3v) is 3.40. The molecular weight excluding hydrogens is 208 g/mol. The Kier molecular flexibility index (Phi) is 5.58. The number of carbonyl (C=O) groups is 1. The summed E-state index contributed by atoms with van der Waals surface area (Å²) in [4.78, 5) is 14.0. The van der Waals surface area contributed by atoms with Gasteiger partial charge in [0.05, 0.1) is 6.61 Å². The molecule has 0 aliphatic heterocycles. The van der Waals surface area contributed by atoms with Gasteiger partial charge in [0.15, 0.2) is 0 Å². The van der Waals surface area contributed by atoms with Crippen molar-refractivity contribution in [2.24, 2.45) is 0 Å². The van der Waals surface area contributed by atoms with Crippen LogP contribution < -0.4 is 0 Å². The Balaban J connectivity index is 2.31. The second-order valence-electron chi connectivity index (χ2n) is 3.38. The Morgan fingerprint density at radius 3 is 2.67 bits per heavy atom. The van der Waals surface area contributed by atoms with Crippen LogP contribution in [-0.4, -0.2) is 19.0 Å². The molecule has 0 saturated heterocycles. The first-order valence-corrected chi connectivity index (χ1v) is 6.25. The fraction of sp³-hybridized carbons (Fsp3) is 0.583. The van der Waals surface area contributed by atoms with E-state index in [2.05, 4.69) is 19.1 Å². The quantitative estimate of drug-likeness (QED) is 0.668. The molecule has 0 unspecified atom stereocenters. The van der Waals surface area contributed by atoms with E-state index in [0.29, 0.717) is 26.1 Å². The molecule has 0 aliphatic carbocycles. The highest BCUT2D eigenvalue weighted by Gasteiger charge is 2.05. The Hall–Kier alpha value is -0.670. The second kappa shape index (κ2) is 6.75. The first kappa shape index (κ1) is 12.4. The molecule has 1 heterocycles. The van der Waals surface area contributed by atoms with Crippen molar-refractivity contribution in [1.29, 1.82) is 0 Å². The average Bonchev–Trinajstić information content (AvgIpc) is 2.66. The minimum absolute atomic E-state index is 0.271. The highest BCUT2D eigenvalue weighted by atomic mass is 32.1. The van der Waals surface area contributed by atoms with Gasteiger partial charge >= 0.3 is 0 Å². The number of aryl methyl sites for hydroxylation is 1. The van der Waals surface area contributed by atoms with E-state index in [9.17, 15) is 4.79 Å². The number of hydrogen-bond donors (Lipinski definition) is 0. The van der Waals surface area contributed by atoms with Gasteiger partial charge in [0.25, 0.3) is 0 Å². The van der Waals surface area contributed by atoms with E-state index in [0.717, 1.165) is 6.42 Å². The number of hydrogen-bond acceptors (Lipinski definition) is 3. The summed E-state index contributed by atoms with van der Waals surface area (Å²) < 4.78 is 5.15. The van der Waals surface area contributed by atoms with Gasteiger partial charge in [0.2, 0.25) is 0 Å². The average molecular weight is 226 g/mol. The zero-order chi connectivity index (χ0) is 11.1. The van der Waals surface area contributed by atoms with Crippen LogP contribution in [0.1, 0.15) is 30.0 Å². The van der Waals surface area contributed by atoms with Crippen LogP contribution in [0.25, 0.3) is 0 Å². The SMILES string of the molecule is CCOCCC(=O)Cc1ccc(CC)s1. The lowest BCUT2D eigenvalue weighted by molar-refractivity contribution is -0.119.